The fraction of sp³-hybridized carbons (Fsp3) is 0. The van der Waals surface area contributed by atoms with Gasteiger partial charge in [0, 0.05) is 17.8 Å². The molecule has 0 amide bonds. The van der Waals surface area contributed by atoms with Crippen LogP contribution in [0.25, 0.3) is 121 Å². The highest BCUT2D eigenvalue weighted by molar-refractivity contribution is 6.35. The molecule has 0 unspecified atom stereocenters. The second kappa shape index (κ2) is 9.53. The molecule has 228 valence electrons. The van der Waals surface area contributed by atoms with Gasteiger partial charge in [-0.25, -0.2) is 0 Å². The maximum Gasteiger partial charge on any atom is 0.0353 e. The van der Waals surface area contributed by atoms with E-state index in [1.165, 1.54) is 121 Å². The molecule has 1 heterocycles. The van der Waals surface area contributed by atoms with E-state index in [9.17, 15) is 0 Å². The molecule has 12 rings (SSSR count). The van der Waals surface area contributed by atoms with Crippen LogP contribution >= 0.6 is 0 Å². The predicted molar refractivity (Wildman–Crippen MR) is 211 cm³/mol. The Morgan fingerprint density at radius 3 is 1.60 bits per heavy atom. The molecule has 1 heteroatoms. The first-order valence-electron chi connectivity index (χ1n) is 17.4. The molecule has 10 aromatic rings. The second-order valence-electron chi connectivity index (χ2n) is 13.8. The number of nitrogens with zero attached hydrogens (tertiary/aromatic N) is 1. The Labute approximate surface area is 288 Å². The van der Waals surface area contributed by atoms with Gasteiger partial charge < -0.3 is 0 Å². The topological polar surface area (TPSA) is 12.9 Å². The molecule has 2 aliphatic carbocycles. The molecule has 0 saturated heterocycles. The van der Waals surface area contributed by atoms with Crippen LogP contribution in [0.4, 0.5) is 0 Å². The molecule has 0 spiro atoms. The lowest BCUT2D eigenvalue weighted by Crippen LogP contribution is -1.94. The number of hydrogen-bond donors (Lipinski definition) is 0. The van der Waals surface area contributed by atoms with Crippen molar-refractivity contribution in [3.8, 4) is 66.8 Å². The number of fused-ring (bicyclic) bond motifs is 5. The van der Waals surface area contributed by atoms with Crippen LogP contribution in [0.5, 0.6) is 0 Å². The minimum absolute atomic E-state index is 1.18. The van der Waals surface area contributed by atoms with Crippen LogP contribution in [-0.4, -0.2) is 4.98 Å². The molecule has 2 aliphatic rings. The predicted octanol–water partition coefficient (Wildman–Crippen LogP) is 13.5. The summed E-state index contributed by atoms with van der Waals surface area (Å²) in [6.07, 6.45) is 4.00. The van der Waals surface area contributed by atoms with Crippen molar-refractivity contribution in [2.75, 3.05) is 0 Å². The van der Waals surface area contributed by atoms with Gasteiger partial charge in [-0.05, 0) is 121 Å². The third-order valence-corrected chi connectivity index (χ3v) is 11.4. The maximum atomic E-state index is 4.69. The zero-order valence-corrected chi connectivity index (χ0v) is 27.0. The average Bonchev–Trinajstić information content (AvgIpc) is 3.70. The first kappa shape index (κ1) is 26.4. The quantitative estimate of drug-likeness (QED) is 0.177. The Kier molecular flexibility index (Phi) is 5.03. The fourth-order valence-electron chi connectivity index (χ4n) is 9.46. The third-order valence-electron chi connectivity index (χ3n) is 11.4. The number of aromatic nitrogens is 1. The van der Waals surface area contributed by atoms with Gasteiger partial charge in [0.05, 0.1) is 0 Å². The Balaban J connectivity index is 1.21. The number of benzene rings is 9. The number of rotatable bonds is 3. The smallest absolute Gasteiger partial charge is 0.0353 e. The summed E-state index contributed by atoms with van der Waals surface area (Å²) in [6.45, 7) is 0. The fourth-order valence-corrected chi connectivity index (χ4v) is 9.46. The minimum Gasteiger partial charge on any atom is -0.264 e. The number of hydrogen-bond acceptors (Lipinski definition) is 1. The van der Waals surface area contributed by atoms with Gasteiger partial charge in [0.1, 0.15) is 0 Å². The standard InChI is InChI=1S/C49H27N/c1-3-9-28(10-4-1)43-38-25-26-50-27-41(38)44(29-11-5-2-6-12-29)48-39-16-8-15-34-32(22-24-40(46(34)39)49(43)48)33-21-23-37-35-14-7-13-30-17-18-31-19-20-36(33)47(37)45(31)42(30)35/h1-27H. The van der Waals surface area contributed by atoms with E-state index in [2.05, 4.69) is 163 Å². The van der Waals surface area contributed by atoms with Gasteiger partial charge in [0.25, 0.3) is 0 Å². The van der Waals surface area contributed by atoms with Crippen LogP contribution in [0.15, 0.2) is 164 Å². The van der Waals surface area contributed by atoms with E-state index in [1.54, 1.807) is 0 Å². The van der Waals surface area contributed by atoms with Gasteiger partial charge in [-0.3, -0.25) is 4.98 Å². The van der Waals surface area contributed by atoms with Crippen molar-refractivity contribution in [2.24, 2.45) is 0 Å². The lowest BCUT2D eigenvalue weighted by Gasteiger charge is -2.20. The minimum atomic E-state index is 1.18. The summed E-state index contributed by atoms with van der Waals surface area (Å²) in [6, 6.07) is 56.4. The summed E-state index contributed by atoms with van der Waals surface area (Å²) >= 11 is 0. The summed E-state index contributed by atoms with van der Waals surface area (Å²) in [5, 5.41) is 13.1. The highest BCUT2D eigenvalue weighted by Gasteiger charge is 2.32. The summed E-state index contributed by atoms with van der Waals surface area (Å²) in [4.78, 5) is 4.69. The molecule has 50 heavy (non-hydrogen) atoms. The van der Waals surface area contributed by atoms with E-state index in [1.807, 2.05) is 6.20 Å². The molecule has 0 fully saturated rings. The normalized spacial score (nSPS) is 12.4. The van der Waals surface area contributed by atoms with Crippen molar-refractivity contribution < 1.29 is 0 Å². The molecule has 0 N–H and O–H groups in total. The first-order chi connectivity index (χ1) is 24.8. The van der Waals surface area contributed by atoms with Crippen LogP contribution in [-0.2, 0) is 0 Å². The third kappa shape index (κ3) is 3.25. The van der Waals surface area contributed by atoms with E-state index in [4.69, 9.17) is 0 Å². The van der Waals surface area contributed by atoms with Gasteiger partial charge in [-0.2, -0.15) is 0 Å². The summed E-state index contributed by atoms with van der Waals surface area (Å²) in [7, 11) is 0. The molecule has 9 aromatic carbocycles. The van der Waals surface area contributed by atoms with Crippen molar-refractivity contribution in [1.29, 1.82) is 0 Å². The molecule has 0 atom stereocenters. The molecular formula is C49H27N. The van der Waals surface area contributed by atoms with Gasteiger partial charge >= 0.3 is 0 Å². The molecule has 1 aromatic heterocycles. The van der Waals surface area contributed by atoms with Crippen molar-refractivity contribution in [3.63, 3.8) is 0 Å². The average molecular weight is 630 g/mol. The van der Waals surface area contributed by atoms with Crippen molar-refractivity contribution in [3.05, 3.63) is 164 Å². The van der Waals surface area contributed by atoms with Crippen LogP contribution in [0, 0.1) is 0 Å². The van der Waals surface area contributed by atoms with Crippen molar-refractivity contribution in [1.82, 2.24) is 4.98 Å². The Hall–Kier alpha value is -6.57. The maximum absolute atomic E-state index is 4.69. The van der Waals surface area contributed by atoms with Crippen molar-refractivity contribution in [2.45, 2.75) is 0 Å². The van der Waals surface area contributed by atoms with Crippen molar-refractivity contribution >= 4 is 53.9 Å². The van der Waals surface area contributed by atoms with E-state index >= 15 is 0 Å². The Morgan fingerprint density at radius 2 is 0.840 bits per heavy atom. The van der Waals surface area contributed by atoms with E-state index in [0.29, 0.717) is 0 Å². The van der Waals surface area contributed by atoms with Gasteiger partial charge in [-0.15, -0.1) is 0 Å². The Morgan fingerprint density at radius 1 is 0.280 bits per heavy atom. The number of pyridine rings is 1. The van der Waals surface area contributed by atoms with Gasteiger partial charge in [0.2, 0.25) is 0 Å². The molecule has 0 bridgehead atoms. The van der Waals surface area contributed by atoms with Crippen LogP contribution in [0.2, 0.25) is 0 Å². The highest BCUT2D eigenvalue weighted by Crippen LogP contribution is 2.59. The van der Waals surface area contributed by atoms with Crippen LogP contribution in [0.1, 0.15) is 0 Å². The first-order valence-corrected chi connectivity index (χ1v) is 17.4. The van der Waals surface area contributed by atoms with E-state index in [-0.39, 0.29) is 0 Å². The molecule has 0 aliphatic heterocycles. The molecule has 0 saturated carbocycles. The molecule has 0 radical (unpaired) electrons. The highest BCUT2D eigenvalue weighted by atomic mass is 14.6. The van der Waals surface area contributed by atoms with E-state index in [0.717, 1.165) is 0 Å². The van der Waals surface area contributed by atoms with E-state index < -0.39 is 0 Å². The SMILES string of the molecule is c1ccc(-c2c3c(c(-c4ccccc4)c4cnccc24)-c2cccc4c(-c5ccc6c7c5ccc5ccc8cccc-6c8c57)ccc-3c24)cc1. The van der Waals surface area contributed by atoms with Crippen LogP contribution in [0.3, 0.4) is 0 Å². The van der Waals surface area contributed by atoms with Gasteiger partial charge in [-0.1, -0.05) is 146 Å². The lowest BCUT2D eigenvalue weighted by atomic mass is 9.83. The van der Waals surface area contributed by atoms with Gasteiger partial charge in [0.15, 0.2) is 0 Å². The monoisotopic (exact) mass is 629 g/mol. The molecule has 1 nitrogen and oxygen atoms in total. The zero-order chi connectivity index (χ0) is 32.5. The summed E-state index contributed by atoms with van der Waals surface area (Å²) < 4.78 is 0. The molecular weight excluding hydrogens is 603 g/mol. The van der Waals surface area contributed by atoms with Crippen LogP contribution < -0.4 is 0 Å². The largest absolute Gasteiger partial charge is 0.264 e. The zero-order valence-electron chi connectivity index (χ0n) is 27.0. The summed E-state index contributed by atoms with van der Waals surface area (Å²) in [5.41, 5.74) is 15.4. The lowest BCUT2D eigenvalue weighted by molar-refractivity contribution is 1.36. The second-order valence-corrected chi connectivity index (χ2v) is 13.8. The Bertz CT molecular complexity index is 3030. The summed E-state index contributed by atoms with van der Waals surface area (Å²) in [5.74, 6) is 0.